The largest absolute Gasteiger partial charge is 0.546 e. The second-order valence-corrected chi connectivity index (χ2v) is 5.05. The molecule has 1 aromatic rings. The van der Waals surface area contributed by atoms with Gasteiger partial charge in [0.2, 0.25) is 0 Å². The van der Waals surface area contributed by atoms with Crippen molar-refractivity contribution in [3.63, 3.8) is 0 Å². The number of benzene rings is 1. The molecule has 0 atom stereocenters. The number of rotatable bonds is 4. The minimum atomic E-state index is -1.42. The second-order valence-electron chi connectivity index (χ2n) is 4.14. The number of barbiturate groups is 1. The quantitative estimate of drug-likeness (QED) is 0.536. The molecule has 0 saturated carbocycles. The van der Waals surface area contributed by atoms with Gasteiger partial charge in [0.05, 0.1) is 5.97 Å². The molecule has 1 heterocycles. The van der Waals surface area contributed by atoms with Gasteiger partial charge in [0, 0.05) is 10.0 Å². The third-order valence-corrected chi connectivity index (χ3v) is 3.05. The molecule has 0 aromatic heterocycles. The van der Waals surface area contributed by atoms with E-state index < -0.39 is 30.4 Å². The van der Waals surface area contributed by atoms with Crippen LogP contribution in [0.25, 0.3) is 6.08 Å². The number of halogens is 1. The molecule has 0 spiro atoms. The van der Waals surface area contributed by atoms with E-state index in [1.807, 2.05) is 10.6 Å². The van der Waals surface area contributed by atoms with Crippen molar-refractivity contribution < 1.29 is 29.0 Å². The van der Waals surface area contributed by atoms with Crippen LogP contribution in [0.2, 0.25) is 0 Å². The van der Waals surface area contributed by atoms with Crippen LogP contribution in [-0.2, 0) is 14.4 Å². The highest BCUT2D eigenvalue weighted by molar-refractivity contribution is 9.10. The summed E-state index contributed by atoms with van der Waals surface area (Å²) in [6, 6.07) is 3.67. The maximum absolute atomic E-state index is 11.7. The molecular formula is C13H8BrN2O6-. The van der Waals surface area contributed by atoms with E-state index in [4.69, 9.17) is 4.74 Å². The first-order valence-corrected chi connectivity index (χ1v) is 6.66. The van der Waals surface area contributed by atoms with Gasteiger partial charge in [-0.3, -0.25) is 20.2 Å². The topological polar surface area (TPSA) is 125 Å². The Labute approximate surface area is 132 Å². The summed E-state index contributed by atoms with van der Waals surface area (Å²) in [5, 5.41) is 14.3. The van der Waals surface area contributed by atoms with Gasteiger partial charge in [0.1, 0.15) is 17.9 Å². The minimum absolute atomic E-state index is 0.136. The monoisotopic (exact) mass is 367 g/mol. The fourth-order valence-electron chi connectivity index (χ4n) is 1.66. The average molecular weight is 368 g/mol. The number of carbonyl (C=O) groups excluding carboxylic acids is 4. The van der Waals surface area contributed by atoms with Crippen molar-refractivity contribution in [2.45, 2.75) is 0 Å². The molecule has 22 heavy (non-hydrogen) atoms. The van der Waals surface area contributed by atoms with Gasteiger partial charge >= 0.3 is 6.03 Å². The standard InChI is InChI=1S/C13H9BrN2O6/c14-7-1-2-9(22-5-10(17)18)6(3-7)4-8-11(19)15-13(21)16-12(8)20/h1-4H,5H2,(H,17,18)(H2,15,16,19,20,21)/p-1. The summed E-state index contributed by atoms with van der Waals surface area (Å²) in [4.78, 5) is 44.8. The average Bonchev–Trinajstić information content (AvgIpc) is 2.41. The number of ether oxygens (including phenoxy) is 1. The Kier molecular flexibility index (Phi) is 4.56. The first-order valence-electron chi connectivity index (χ1n) is 5.87. The molecule has 1 aliphatic heterocycles. The summed E-state index contributed by atoms with van der Waals surface area (Å²) in [6.45, 7) is -0.686. The molecule has 1 aliphatic rings. The van der Waals surface area contributed by atoms with Gasteiger partial charge in [0.25, 0.3) is 11.8 Å². The van der Waals surface area contributed by atoms with Crippen LogP contribution in [0.1, 0.15) is 5.56 Å². The van der Waals surface area contributed by atoms with Crippen LogP contribution >= 0.6 is 15.9 Å². The zero-order valence-electron chi connectivity index (χ0n) is 10.8. The van der Waals surface area contributed by atoms with E-state index in [-0.39, 0.29) is 16.9 Å². The lowest BCUT2D eigenvalue weighted by Gasteiger charge is -2.15. The third-order valence-electron chi connectivity index (χ3n) is 2.56. The van der Waals surface area contributed by atoms with E-state index in [2.05, 4.69) is 15.9 Å². The Bertz CT molecular complexity index is 690. The molecule has 0 bridgehead atoms. The molecule has 0 unspecified atom stereocenters. The van der Waals surface area contributed by atoms with E-state index in [9.17, 15) is 24.3 Å². The molecule has 1 saturated heterocycles. The second kappa shape index (κ2) is 6.39. The van der Waals surface area contributed by atoms with Crippen LogP contribution in [0, 0.1) is 0 Å². The fraction of sp³-hybridized carbons (Fsp3) is 0.0769. The number of hydrogen-bond acceptors (Lipinski definition) is 6. The highest BCUT2D eigenvalue weighted by Gasteiger charge is 2.28. The van der Waals surface area contributed by atoms with Gasteiger partial charge < -0.3 is 14.6 Å². The molecule has 0 aliphatic carbocycles. The van der Waals surface area contributed by atoms with Crippen LogP contribution in [-0.4, -0.2) is 30.4 Å². The predicted molar refractivity (Wildman–Crippen MR) is 74.3 cm³/mol. The summed E-state index contributed by atoms with van der Waals surface area (Å²) in [5.41, 5.74) is -0.0266. The third kappa shape index (κ3) is 3.70. The van der Waals surface area contributed by atoms with Crippen LogP contribution in [0.4, 0.5) is 4.79 Å². The number of hydrogen-bond donors (Lipinski definition) is 2. The lowest BCUT2D eigenvalue weighted by atomic mass is 10.1. The van der Waals surface area contributed by atoms with E-state index in [1.54, 1.807) is 6.07 Å². The van der Waals surface area contributed by atoms with Gasteiger partial charge in [-0.05, 0) is 24.3 Å². The van der Waals surface area contributed by atoms with Crippen molar-refractivity contribution in [1.82, 2.24) is 10.6 Å². The smallest absolute Gasteiger partial charge is 0.328 e. The van der Waals surface area contributed by atoms with Gasteiger partial charge in [-0.15, -0.1) is 0 Å². The van der Waals surface area contributed by atoms with Crippen LogP contribution < -0.4 is 20.5 Å². The van der Waals surface area contributed by atoms with Gasteiger partial charge in [-0.1, -0.05) is 15.9 Å². The first-order chi connectivity index (χ1) is 10.4. The molecule has 9 heteroatoms. The Balaban J connectivity index is 2.38. The van der Waals surface area contributed by atoms with Gasteiger partial charge in [0.15, 0.2) is 0 Å². The van der Waals surface area contributed by atoms with Crippen molar-refractivity contribution in [3.05, 3.63) is 33.8 Å². The minimum Gasteiger partial charge on any atom is -0.546 e. The molecule has 2 N–H and O–H groups in total. The normalized spacial score (nSPS) is 14.2. The number of amides is 4. The van der Waals surface area contributed by atoms with E-state index in [1.165, 1.54) is 18.2 Å². The lowest BCUT2D eigenvalue weighted by Crippen LogP contribution is -2.51. The van der Waals surface area contributed by atoms with Crippen molar-refractivity contribution >= 4 is 45.8 Å². The van der Waals surface area contributed by atoms with Crippen molar-refractivity contribution in [1.29, 1.82) is 0 Å². The molecule has 2 rings (SSSR count). The Hall–Kier alpha value is -2.68. The van der Waals surface area contributed by atoms with Crippen molar-refractivity contribution in [3.8, 4) is 5.75 Å². The summed E-state index contributed by atoms with van der Waals surface area (Å²) < 4.78 is 5.65. The summed E-state index contributed by atoms with van der Waals surface area (Å²) in [5.74, 6) is -3.00. The number of carboxylic acid groups (broad SMARTS) is 1. The zero-order chi connectivity index (χ0) is 16.3. The fourth-order valence-corrected chi connectivity index (χ4v) is 2.04. The number of aliphatic carboxylic acids is 1. The highest BCUT2D eigenvalue weighted by Crippen LogP contribution is 2.26. The number of carboxylic acids is 1. The number of carbonyl (C=O) groups is 4. The van der Waals surface area contributed by atoms with Gasteiger partial charge in [-0.25, -0.2) is 4.79 Å². The Morgan fingerprint density at radius 1 is 1.23 bits per heavy atom. The maximum atomic E-state index is 11.7. The lowest BCUT2D eigenvalue weighted by molar-refractivity contribution is -0.307. The van der Waals surface area contributed by atoms with E-state index >= 15 is 0 Å². The Morgan fingerprint density at radius 3 is 2.45 bits per heavy atom. The molecule has 0 radical (unpaired) electrons. The Morgan fingerprint density at radius 2 is 1.86 bits per heavy atom. The van der Waals surface area contributed by atoms with Gasteiger partial charge in [-0.2, -0.15) is 0 Å². The van der Waals surface area contributed by atoms with Crippen molar-refractivity contribution in [2.24, 2.45) is 0 Å². The zero-order valence-corrected chi connectivity index (χ0v) is 12.4. The number of nitrogens with one attached hydrogen (secondary N) is 2. The first kappa shape index (κ1) is 15.7. The highest BCUT2D eigenvalue weighted by atomic mass is 79.9. The van der Waals surface area contributed by atoms with E-state index in [0.29, 0.717) is 4.47 Å². The summed E-state index contributed by atoms with van der Waals surface area (Å²) in [7, 11) is 0. The van der Waals surface area contributed by atoms with Crippen molar-refractivity contribution in [2.75, 3.05) is 6.61 Å². The van der Waals surface area contributed by atoms with Crippen LogP contribution in [0.3, 0.4) is 0 Å². The maximum Gasteiger partial charge on any atom is 0.328 e. The molecule has 114 valence electrons. The predicted octanol–water partition coefficient (Wildman–Crippen LogP) is -0.673. The number of imide groups is 2. The molecule has 1 fully saturated rings. The molecule has 8 nitrogen and oxygen atoms in total. The van der Waals surface area contributed by atoms with E-state index in [0.717, 1.165) is 0 Å². The molecule has 4 amide bonds. The summed E-state index contributed by atoms with van der Waals surface area (Å²) in [6.07, 6.45) is 1.19. The van der Waals surface area contributed by atoms with Crippen LogP contribution in [0.5, 0.6) is 5.75 Å². The number of urea groups is 1. The SMILES string of the molecule is O=C([O-])COc1ccc(Br)cc1C=C1C(=O)NC(=O)NC1=O. The molecule has 1 aromatic carbocycles. The summed E-state index contributed by atoms with van der Waals surface area (Å²) >= 11 is 3.21. The molecular weight excluding hydrogens is 360 g/mol. The van der Waals surface area contributed by atoms with Crippen LogP contribution in [0.15, 0.2) is 28.2 Å².